The Labute approximate surface area is 195 Å². The van der Waals surface area contributed by atoms with Crippen LogP contribution in [0.3, 0.4) is 0 Å². The number of ether oxygens (including phenoxy) is 1. The number of carbonyl (C=O) groups is 1. The van der Waals surface area contributed by atoms with E-state index in [0.29, 0.717) is 31.7 Å². The van der Waals surface area contributed by atoms with Crippen LogP contribution in [0, 0.1) is 6.92 Å². The molecule has 0 bridgehead atoms. The number of rotatable bonds is 12. The lowest BCUT2D eigenvalue weighted by Crippen LogP contribution is -2.37. The zero-order valence-corrected chi connectivity index (χ0v) is 18.9. The largest absolute Gasteiger partial charge is 0.507 e. The number of carbonyl (C=O) groups excluding carboxylic acids is 1. The molecule has 0 saturated heterocycles. The van der Waals surface area contributed by atoms with Gasteiger partial charge in [0.2, 0.25) is 0 Å². The van der Waals surface area contributed by atoms with E-state index in [4.69, 9.17) is 10.5 Å². The maximum atomic E-state index is 11.5. The second kappa shape index (κ2) is 12.0. The minimum atomic E-state index is -0.715. The van der Waals surface area contributed by atoms with E-state index in [2.05, 4.69) is 24.4 Å². The smallest absolute Gasteiger partial charge is 0.252 e. The minimum absolute atomic E-state index is 0.0190. The van der Waals surface area contributed by atoms with Crippen molar-refractivity contribution in [1.29, 1.82) is 0 Å². The number of hydrogen-bond donors (Lipinski definition) is 4. The molecule has 3 rings (SSSR count). The summed E-state index contributed by atoms with van der Waals surface area (Å²) in [5.41, 5.74) is 8.95. The van der Waals surface area contributed by atoms with Crippen LogP contribution in [-0.4, -0.2) is 41.4 Å². The maximum Gasteiger partial charge on any atom is 0.252 e. The zero-order chi connectivity index (χ0) is 23.6. The van der Waals surface area contributed by atoms with Gasteiger partial charge in [-0.2, -0.15) is 0 Å². The van der Waals surface area contributed by atoms with Crippen LogP contribution in [0.1, 0.15) is 33.5 Å². The zero-order valence-electron chi connectivity index (χ0n) is 18.9. The first kappa shape index (κ1) is 24.3. The molecule has 0 aliphatic heterocycles. The Balaban J connectivity index is 1.58. The fourth-order valence-corrected chi connectivity index (χ4v) is 3.74. The van der Waals surface area contributed by atoms with Crippen molar-refractivity contribution in [2.45, 2.75) is 38.4 Å². The SMILES string of the molecule is Cc1ccccc1CCC(O)CNCC(Cc1ccccc1)Oc1ccc(O)c(C(N)=O)c1. The summed E-state index contributed by atoms with van der Waals surface area (Å²) < 4.78 is 6.13. The quantitative estimate of drug-likeness (QED) is 0.340. The first-order valence-corrected chi connectivity index (χ1v) is 11.2. The first-order valence-electron chi connectivity index (χ1n) is 11.2. The van der Waals surface area contributed by atoms with Crippen molar-refractivity contribution in [3.05, 3.63) is 95.1 Å². The number of amides is 1. The number of primary amides is 1. The molecule has 0 fully saturated rings. The molecule has 1 amide bonds. The summed E-state index contributed by atoms with van der Waals surface area (Å²) in [7, 11) is 0. The van der Waals surface area contributed by atoms with E-state index in [-0.39, 0.29) is 17.4 Å². The summed E-state index contributed by atoms with van der Waals surface area (Å²) in [4.78, 5) is 11.5. The third-order valence-electron chi connectivity index (χ3n) is 5.60. The molecule has 0 spiro atoms. The Hall–Kier alpha value is -3.35. The molecule has 0 aliphatic rings. The van der Waals surface area contributed by atoms with Crippen molar-refractivity contribution in [2.24, 2.45) is 5.73 Å². The second-order valence-corrected chi connectivity index (χ2v) is 8.25. The van der Waals surface area contributed by atoms with Crippen LogP contribution in [0.2, 0.25) is 0 Å². The lowest BCUT2D eigenvalue weighted by molar-refractivity contribution is 0.0996. The van der Waals surface area contributed by atoms with Crippen LogP contribution in [0.4, 0.5) is 0 Å². The molecule has 6 nitrogen and oxygen atoms in total. The summed E-state index contributed by atoms with van der Waals surface area (Å²) in [5.74, 6) is -0.443. The number of nitrogens with two attached hydrogens (primary N) is 1. The molecule has 3 aromatic rings. The number of aliphatic hydroxyl groups excluding tert-OH is 1. The molecule has 6 heteroatoms. The predicted molar refractivity (Wildman–Crippen MR) is 130 cm³/mol. The average molecular weight is 449 g/mol. The third kappa shape index (κ3) is 7.63. The molecular formula is C27H32N2O4. The van der Waals surface area contributed by atoms with Gasteiger partial charge >= 0.3 is 0 Å². The maximum absolute atomic E-state index is 11.5. The van der Waals surface area contributed by atoms with Crippen LogP contribution >= 0.6 is 0 Å². The molecular weight excluding hydrogens is 416 g/mol. The standard InChI is InChI=1S/C27H32N2O4/c1-19-7-5-6-10-21(19)11-12-22(30)17-29-18-24(15-20-8-3-2-4-9-20)33-23-13-14-26(31)25(16-23)27(28)32/h2-10,13-14,16,22,24,29-31H,11-12,15,17-18H2,1H3,(H2,28,32). The van der Waals surface area contributed by atoms with E-state index in [9.17, 15) is 15.0 Å². The van der Waals surface area contributed by atoms with Crippen molar-refractivity contribution in [1.82, 2.24) is 5.32 Å². The Morgan fingerprint density at radius 2 is 1.76 bits per heavy atom. The van der Waals surface area contributed by atoms with Crippen molar-refractivity contribution >= 4 is 5.91 Å². The van der Waals surface area contributed by atoms with Gasteiger partial charge in [-0.05, 0) is 54.7 Å². The summed E-state index contributed by atoms with van der Waals surface area (Å²) in [5, 5.41) is 23.6. The van der Waals surface area contributed by atoms with Gasteiger partial charge in [-0.15, -0.1) is 0 Å². The number of phenols is 1. The van der Waals surface area contributed by atoms with Crippen molar-refractivity contribution < 1.29 is 19.7 Å². The monoisotopic (exact) mass is 448 g/mol. The number of hydrogen-bond acceptors (Lipinski definition) is 5. The van der Waals surface area contributed by atoms with Crippen molar-refractivity contribution in [3.63, 3.8) is 0 Å². The van der Waals surface area contributed by atoms with Gasteiger partial charge in [-0.25, -0.2) is 0 Å². The van der Waals surface area contributed by atoms with Gasteiger partial charge in [0.15, 0.2) is 0 Å². The summed E-state index contributed by atoms with van der Waals surface area (Å²) in [6.45, 7) is 3.03. The molecule has 174 valence electrons. The number of benzene rings is 3. The Kier molecular flexibility index (Phi) is 8.87. The van der Waals surface area contributed by atoms with Crippen molar-refractivity contribution in [3.8, 4) is 11.5 Å². The lowest BCUT2D eigenvalue weighted by Gasteiger charge is -2.21. The van der Waals surface area contributed by atoms with Gasteiger partial charge in [-0.1, -0.05) is 54.6 Å². The topological polar surface area (TPSA) is 105 Å². The van der Waals surface area contributed by atoms with Crippen LogP contribution in [0.15, 0.2) is 72.8 Å². The van der Waals surface area contributed by atoms with E-state index in [1.165, 1.54) is 23.3 Å². The number of aliphatic hydroxyl groups is 1. The van der Waals surface area contributed by atoms with Crippen molar-refractivity contribution in [2.75, 3.05) is 13.1 Å². The van der Waals surface area contributed by atoms with Crippen LogP contribution in [0.25, 0.3) is 0 Å². The van der Waals surface area contributed by atoms with Gasteiger partial charge in [0.05, 0.1) is 11.7 Å². The first-order chi connectivity index (χ1) is 15.9. The van der Waals surface area contributed by atoms with E-state index < -0.39 is 12.0 Å². The minimum Gasteiger partial charge on any atom is -0.507 e. The average Bonchev–Trinajstić information content (AvgIpc) is 2.80. The molecule has 0 saturated carbocycles. The van der Waals surface area contributed by atoms with Gasteiger partial charge in [-0.3, -0.25) is 4.79 Å². The van der Waals surface area contributed by atoms with Gasteiger partial charge in [0.1, 0.15) is 17.6 Å². The van der Waals surface area contributed by atoms with Crippen LogP contribution in [0.5, 0.6) is 11.5 Å². The van der Waals surface area contributed by atoms with Gasteiger partial charge < -0.3 is 26.0 Å². The van der Waals surface area contributed by atoms with Crippen LogP contribution in [-0.2, 0) is 12.8 Å². The fourth-order valence-electron chi connectivity index (χ4n) is 3.74. The summed E-state index contributed by atoms with van der Waals surface area (Å²) in [6.07, 6.45) is 1.41. The highest BCUT2D eigenvalue weighted by atomic mass is 16.5. The van der Waals surface area contributed by atoms with Gasteiger partial charge in [0, 0.05) is 19.5 Å². The van der Waals surface area contributed by atoms with E-state index >= 15 is 0 Å². The second-order valence-electron chi connectivity index (χ2n) is 8.25. The molecule has 0 heterocycles. The highest BCUT2D eigenvalue weighted by molar-refractivity contribution is 5.95. The third-order valence-corrected chi connectivity index (χ3v) is 5.60. The number of nitrogens with one attached hydrogen (secondary N) is 1. The predicted octanol–water partition coefficient (Wildman–Crippen LogP) is 3.37. The lowest BCUT2D eigenvalue weighted by atomic mass is 10.0. The molecule has 0 aromatic heterocycles. The highest BCUT2D eigenvalue weighted by Crippen LogP contribution is 2.24. The molecule has 3 aromatic carbocycles. The normalized spacial score (nSPS) is 12.8. The van der Waals surface area contributed by atoms with Gasteiger partial charge in [0.25, 0.3) is 5.91 Å². The number of aromatic hydroxyl groups is 1. The molecule has 2 atom stereocenters. The Morgan fingerprint density at radius 1 is 1.03 bits per heavy atom. The van der Waals surface area contributed by atoms with E-state index in [0.717, 1.165) is 12.0 Å². The molecule has 5 N–H and O–H groups in total. The van der Waals surface area contributed by atoms with E-state index in [1.807, 2.05) is 42.5 Å². The fraction of sp³-hybridized carbons (Fsp3) is 0.296. The summed E-state index contributed by atoms with van der Waals surface area (Å²) in [6, 6.07) is 22.6. The summed E-state index contributed by atoms with van der Waals surface area (Å²) >= 11 is 0. The molecule has 0 aliphatic carbocycles. The Bertz CT molecular complexity index is 1040. The number of aryl methyl sites for hydroxylation is 2. The molecule has 0 radical (unpaired) electrons. The molecule has 2 unspecified atom stereocenters. The van der Waals surface area contributed by atoms with E-state index in [1.54, 1.807) is 6.07 Å². The highest BCUT2D eigenvalue weighted by Gasteiger charge is 2.16. The van der Waals surface area contributed by atoms with Crippen LogP contribution < -0.4 is 15.8 Å². The Morgan fingerprint density at radius 3 is 2.48 bits per heavy atom. The molecule has 33 heavy (non-hydrogen) atoms.